The fourth-order valence-corrected chi connectivity index (χ4v) is 2.50. The van der Waals surface area contributed by atoms with Crippen molar-refractivity contribution in [1.82, 2.24) is 0 Å². The first-order valence-electron chi connectivity index (χ1n) is 7.97. The van der Waals surface area contributed by atoms with E-state index in [1.807, 2.05) is 19.9 Å². The highest BCUT2D eigenvalue weighted by atomic mass is 16.6. The van der Waals surface area contributed by atoms with Crippen LogP contribution < -0.4 is 14.8 Å². The third-order valence-corrected chi connectivity index (χ3v) is 3.98. The van der Waals surface area contributed by atoms with E-state index in [0.717, 1.165) is 11.1 Å². The zero-order valence-corrected chi connectivity index (χ0v) is 14.1. The molecule has 0 atom stereocenters. The van der Waals surface area contributed by atoms with Crippen molar-refractivity contribution in [1.29, 1.82) is 0 Å². The number of nitrogens with one attached hydrogen (secondary N) is 1. The number of carbonyl (C=O) groups excluding carboxylic acids is 2. The van der Waals surface area contributed by atoms with E-state index < -0.39 is 11.9 Å². The molecule has 1 amide bonds. The molecule has 1 heterocycles. The van der Waals surface area contributed by atoms with Crippen molar-refractivity contribution in [2.45, 2.75) is 13.8 Å². The van der Waals surface area contributed by atoms with Gasteiger partial charge in [-0.25, -0.2) is 4.79 Å². The lowest BCUT2D eigenvalue weighted by atomic mass is 10.0. The predicted octanol–water partition coefficient (Wildman–Crippen LogP) is 2.87. The fourth-order valence-electron chi connectivity index (χ4n) is 2.50. The van der Waals surface area contributed by atoms with Gasteiger partial charge < -0.3 is 19.5 Å². The summed E-state index contributed by atoms with van der Waals surface area (Å²) in [6, 6.07) is 10.5. The van der Waals surface area contributed by atoms with Crippen molar-refractivity contribution in [3.8, 4) is 11.5 Å². The van der Waals surface area contributed by atoms with E-state index in [0.29, 0.717) is 36.0 Å². The van der Waals surface area contributed by atoms with Crippen molar-refractivity contribution < 1.29 is 23.8 Å². The lowest BCUT2D eigenvalue weighted by molar-refractivity contribution is -0.119. The Kier molecular flexibility index (Phi) is 4.88. The molecule has 0 saturated carbocycles. The molecule has 0 spiro atoms. The van der Waals surface area contributed by atoms with Gasteiger partial charge in [-0.05, 0) is 43.2 Å². The Morgan fingerprint density at radius 2 is 1.84 bits per heavy atom. The van der Waals surface area contributed by atoms with Crippen LogP contribution >= 0.6 is 0 Å². The van der Waals surface area contributed by atoms with Crippen LogP contribution in [0.15, 0.2) is 36.4 Å². The third-order valence-electron chi connectivity index (χ3n) is 3.98. The maximum absolute atomic E-state index is 12.1. The minimum Gasteiger partial charge on any atom is -0.486 e. The summed E-state index contributed by atoms with van der Waals surface area (Å²) in [7, 11) is 0. The fraction of sp³-hybridized carbons (Fsp3) is 0.263. The first kappa shape index (κ1) is 16.8. The van der Waals surface area contributed by atoms with E-state index in [2.05, 4.69) is 5.32 Å². The molecule has 0 fully saturated rings. The van der Waals surface area contributed by atoms with Gasteiger partial charge in [-0.1, -0.05) is 12.1 Å². The number of carbonyl (C=O) groups is 2. The molecule has 2 aromatic carbocycles. The summed E-state index contributed by atoms with van der Waals surface area (Å²) < 4.78 is 16.0. The van der Waals surface area contributed by atoms with E-state index in [9.17, 15) is 9.59 Å². The van der Waals surface area contributed by atoms with Gasteiger partial charge in [0.25, 0.3) is 5.91 Å². The van der Waals surface area contributed by atoms with E-state index >= 15 is 0 Å². The van der Waals surface area contributed by atoms with E-state index in [1.54, 1.807) is 30.3 Å². The summed E-state index contributed by atoms with van der Waals surface area (Å²) in [6.45, 7) is 4.38. The highest BCUT2D eigenvalue weighted by molar-refractivity contribution is 5.96. The Hall–Kier alpha value is -3.02. The molecule has 1 N–H and O–H groups in total. The first-order chi connectivity index (χ1) is 12.0. The van der Waals surface area contributed by atoms with Crippen LogP contribution in [-0.2, 0) is 9.53 Å². The Labute approximate surface area is 145 Å². The average Bonchev–Trinajstić information content (AvgIpc) is 2.62. The number of aryl methyl sites for hydroxylation is 1. The van der Waals surface area contributed by atoms with Gasteiger partial charge in [-0.2, -0.15) is 0 Å². The Morgan fingerprint density at radius 1 is 1.08 bits per heavy atom. The van der Waals surface area contributed by atoms with Gasteiger partial charge in [0.2, 0.25) is 0 Å². The lowest BCUT2D eigenvalue weighted by Crippen LogP contribution is -2.21. The molecule has 0 saturated heterocycles. The molecular formula is C19H19NO5. The number of benzene rings is 2. The minimum atomic E-state index is -0.515. The summed E-state index contributed by atoms with van der Waals surface area (Å²) in [5.74, 6) is 0.288. The molecule has 0 aliphatic carbocycles. The van der Waals surface area contributed by atoms with Crippen molar-refractivity contribution in [2.75, 3.05) is 25.1 Å². The highest BCUT2D eigenvalue weighted by Gasteiger charge is 2.15. The Morgan fingerprint density at radius 3 is 2.64 bits per heavy atom. The second-order valence-corrected chi connectivity index (χ2v) is 5.73. The van der Waals surface area contributed by atoms with Crippen LogP contribution in [0.25, 0.3) is 0 Å². The molecule has 2 aromatic rings. The van der Waals surface area contributed by atoms with Gasteiger partial charge in [0.05, 0.1) is 5.56 Å². The SMILES string of the molecule is Cc1cccc(C(=O)OCC(=O)Nc2ccc3c(c2)OCCO3)c1C. The maximum Gasteiger partial charge on any atom is 0.338 e. The van der Waals surface area contributed by atoms with E-state index in [4.69, 9.17) is 14.2 Å². The van der Waals surface area contributed by atoms with Gasteiger partial charge in [-0.3, -0.25) is 4.79 Å². The van der Waals surface area contributed by atoms with Crippen LogP contribution in [0.2, 0.25) is 0 Å². The zero-order chi connectivity index (χ0) is 17.8. The number of esters is 1. The summed E-state index contributed by atoms with van der Waals surface area (Å²) in [5.41, 5.74) is 2.86. The number of amides is 1. The van der Waals surface area contributed by atoms with Gasteiger partial charge in [0.15, 0.2) is 18.1 Å². The molecule has 1 aliphatic rings. The molecule has 6 nitrogen and oxygen atoms in total. The molecule has 1 aliphatic heterocycles. The summed E-state index contributed by atoms with van der Waals surface area (Å²) in [5, 5.41) is 2.67. The van der Waals surface area contributed by atoms with Crippen LogP contribution in [0.3, 0.4) is 0 Å². The number of anilines is 1. The van der Waals surface area contributed by atoms with Gasteiger partial charge in [-0.15, -0.1) is 0 Å². The maximum atomic E-state index is 12.1. The van der Waals surface area contributed by atoms with Crippen LogP contribution in [0.1, 0.15) is 21.5 Å². The molecule has 0 unspecified atom stereocenters. The smallest absolute Gasteiger partial charge is 0.338 e. The predicted molar refractivity (Wildman–Crippen MR) is 92.3 cm³/mol. The van der Waals surface area contributed by atoms with Crippen molar-refractivity contribution in [2.24, 2.45) is 0 Å². The molecule has 0 bridgehead atoms. The highest BCUT2D eigenvalue weighted by Crippen LogP contribution is 2.32. The molecule has 130 valence electrons. The number of fused-ring (bicyclic) bond motifs is 1. The molecule has 6 heteroatoms. The van der Waals surface area contributed by atoms with Gasteiger partial charge >= 0.3 is 5.97 Å². The molecule has 25 heavy (non-hydrogen) atoms. The number of rotatable bonds is 4. The number of hydrogen-bond acceptors (Lipinski definition) is 5. The Bertz CT molecular complexity index is 815. The zero-order valence-electron chi connectivity index (χ0n) is 14.1. The van der Waals surface area contributed by atoms with Crippen LogP contribution in [0.5, 0.6) is 11.5 Å². The van der Waals surface area contributed by atoms with Crippen molar-refractivity contribution in [3.05, 3.63) is 53.1 Å². The second kappa shape index (κ2) is 7.25. The Balaban J connectivity index is 1.58. The molecule has 0 radical (unpaired) electrons. The molecule has 0 aromatic heterocycles. The van der Waals surface area contributed by atoms with Crippen molar-refractivity contribution in [3.63, 3.8) is 0 Å². The topological polar surface area (TPSA) is 73.9 Å². The van der Waals surface area contributed by atoms with Crippen LogP contribution in [-0.4, -0.2) is 31.7 Å². The van der Waals surface area contributed by atoms with Gasteiger partial charge in [0.1, 0.15) is 13.2 Å². The van der Waals surface area contributed by atoms with E-state index in [1.165, 1.54) is 0 Å². The summed E-state index contributed by atoms with van der Waals surface area (Å²) in [4.78, 5) is 24.1. The quantitative estimate of drug-likeness (QED) is 0.866. The third kappa shape index (κ3) is 3.91. The standard InChI is InChI=1S/C19H19NO5/c1-12-4-3-5-15(13(12)2)19(22)25-11-18(21)20-14-6-7-16-17(10-14)24-9-8-23-16/h3-7,10H,8-9,11H2,1-2H3,(H,20,21). The average molecular weight is 341 g/mol. The largest absolute Gasteiger partial charge is 0.486 e. The molecule has 3 rings (SSSR count). The van der Waals surface area contributed by atoms with Crippen LogP contribution in [0.4, 0.5) is 5.69 Å². The molecular weight excluding hydrogens is 322 g/mol. The minimum absolute atomic E-state index is 0.360. The summed E-state index contributed by atoms with van der Waals surface area (Å²) >= 11 is 0. The first-order valence-corrected chi connectivity index (χ1v) is 7.97. The van der Waals surface area contributed by atoms with Crippen LogP contribution in [0, 0.1) is 13.8 Å². The normalized spacial score (nSPS) is 12.4. The lowest BCUT2D eigenvalue weighted by Gasteiger charge is -2.19. The monoisotopic (exact) mass is 341 g/mol. The second-order valence-electron chi connectivity index (χ2n) is 5.73. The summed E-state index contributed by atoms with van der Waals surface area (Å²) in [6.07, 6.45) is 0. The number of hydrogen-bond donors (Lipinski definition) is 1. The number of ether oxygens (including phenoxy) is 3. The van der Waals surface area contributed by atoms with E-state index in [-0.39, 0.29) is 6.61 Å². The van der Waals surface area contributed by atoms with Gasteiger partial charge in [0, 0.05) is 11.8 Å². The van der Waals surface area contributed by atoms with Crippen molar-refractivity contribution >= 4 is 17.6 Å².